The number of hydrogen-bond acceptors (Lipinski definition) is 5. The van der Waals surface area contributed by atoms with Crippen LogP contribution in [0.3, 0.4) is 0 Å². The lowest BCUT2D eigenvalue weighted by atomic mass is 9.93. The van der Waals surface area contributed by atoms with Gasteiger partial charge in [-0.25, -0.2) is 4.99 Å². The highest BCUT2D eigenvalue weighted by molar-refractivity contribution is 6.35. The van der Waals surface area contributed by atoms with Gasteiger partial charge in [0.05, 0.1) is 17.5 Å². The highest BCUT2D eigenvalue weighted by Crippen LogP contribution is 2.26. The van der Waals surface area contributed by atoms with Crippen molar-refractivity contribution >= 4 is 52.7 Å². The first kappa shape index (κ1) is 34.3. The van der Waals surface area contributed by atoms with Gasteiger partial charge in [-0.1, -0.05) is 71.7 Å². The van der Waals surface area contributed by atoms with Crippen LogP contribution in [0.1, 0.15) is 51.1 Å². The van der Waals surface area contributed by atoms with Gasteiger partial charge in [-0.3, -0.25) is 24.1 Å². The number of halogens is 2. The van der Waals surface area contributed by atoms with Gasteiger partial charge < -0.3 is 15.8 Å². The predicted octanol–water partition coefficient (Wildman–Crippen LogP) is 6.65. The Bertz CT molecular complexity index is 1810. The molecular weight excluding hydrogens is 651 g/mol. The molecule has 0 aliphatic carbocycles. The minimum Gasteiger partial charge on any atom is -0.457 e. The summed E-state index contributed by atoms with van der Waals surface area (Å²) in [6.45, 7) is 0.125. The Morgan fingerprint density at radius 1 is 0.854 bits per heavy atom. The molecule has 1 unspecified atom stereocenters. The maximum Gasteiger partial charge on any atom is 0.261 e. The SMILES string of the molecule is NC(CCCC(Cc1ccc(Cl)cc1Cl)C(=O)NCCN1C(=O)c2ccccc2C1=O)=NC(=O)Cc1cccc(Oc2ccccc2)c1. The van der Waals surface area contributed by atoms with Crippen molar-refractivity contribution in [1.82, 2.24) is 10.2 Å². The van der Waals surface area contributed by atoms with Crippen molar-refractivity contribution < 1.29 is 23.9 Å². The Hall–Kier alpha value is -4.99. The Morgan fingerprint density at radius 2 is 1.54 bits per heavy atom. The van der Waals surface area contributed by atoms with Crippen LogP contribution in [-0.2, 0) is 22.4 Å². The molecule has 1 aliphatic rings. The van der Waals surface area contributed by atoms with E-state index in [2.05, 4.69) is 10.3 Å². The zero-order valence-electron chi connectivity index (χ0n) is 26.0. The molecule has 5 rings (SSSR count). The lowest BCUT2D eigenvalue weighted by Crippen LogP contribution is -2.40. The summed E-state index contributed by atoms with van der Waals surface area (Å²) in [5.41, 5.74) is 8.32. The first-order valence-corrected chi connectivity index (χ1v) is 16.3. The second-order valence-electron chi connectivity index (χ2n) is 11.4. The first-order valence-electron chi connectivity index (χ1n) is 15.5. The lowest BCUT2D eigenvalue weighted by Gasteiger charge is -2.19. The highest BCUT2D eigenvalue weighted by atomic mass is 35.5. The summed E-state index contributed by atoms with van der Waals surface area (Å²) >= 11 is 12.5. The summed E-state index contributed by atoms with van der Waals surface area (Å²) in [5.74, 6) is -0.457. The molecule has 9 nitrogen and oxygen atoms in total. The van der Waals surface area contributed by atoms with Crippen LogP contribution in [0.15, 0.2) is 102 Å². The van der Waals surface area contributed by atoms with E-state index < -0.39 is 5.92 Å². The van der Waals surface area contributed by atoms with Crippen LogP contribution >= 0.6 is 23.2 Å². The molecule has 0 radical (unpaired) electrons. The Balaban J connectivity index is 1.15. The summed E-state index contributed by atoms with van der Waals surface area (Å²) < 4.78 is 5.85. The summed E-state index contributed by atoms with van der Waals surface area (Å²) in [6.07, 6.45) is 1.58. The molecule has 1 aliphatic heterocycles. The third-order valence-corrected chi connectivity index (χ3v) is 8.44. The standard InChI is InChI=1S/C37H34Cl2N4O5/c38-27-17-16-25(32(39)23-27)22-26(35(45)41-18-19-43-36(46)30-13-4-5-14-31(30)37(43)47)9-7-15-33(40)42-34(44)21-24-8-6-12-29(20-24)48-28-10-2-1-3-11-28/h1-6,8,10-14,16-17,20,23,26H,7,9,15,18-19,21-22H2,(H,41,45)(H2,40,42,44). The van der Waals surface area contributed by atoms with E-state index in [4.69, 9.17) is 33.7 Å². The number of nitrogens with zero attached hydrogens (tertiary/aromatic N) is 2. The first-order chi connectivity index (χ1) is 23.2. The quantitative estimate of drug-likeness (QED) is 0.0868. The number of nitrogens with one attached hydrogen (secondary N) is 1. The van der Waals surface area contributed by atoms with E-state index in [1.165, 1.54) is 0 Å². The van der Waals surface area contributed by atoms with E-state index in [0.29, 0.717) is 58.4 Å². The second-order valence-corrected chi connectivity index (χ2v) is 12.2. The Morgan fingerprint density at radius 3 is 2.25 bits per heavy atom. The van der Waals surface area contributed by atoms with Gasteiger partial charge in [0.1, 0.15) is 17.3 Å². The Labute approximate surface area is 288 Å². The third kappa shape index (κ3) is 9.08. The lowest BCUT2D eigenvalue weighted by molar-refractivity contribution is -0.125. The molecule has 0 saturated carbocycles. The zero-order valence-corrected chi connectivity index (χ0v) is 27.5. The van der Waals surface area contributed by atoms with Crippen LogP contribution in [0.4, 0.5) is 0 Å². The molecular formula is C37H34Cl2N4O5. The number of fused-ring (bicyclic) bond motifs is 1. The molecule has 0 spiro atoms. The third-order valence-electron chi connectivity index (χ3n) is 7.85. The van der Waals surface area contributed by atoms with Gasteiger partial charge in [0.25, 0.3) is 17.7 Å². The molecule has 246 valence electrons. The molecule has 1 heterocycles. The number of ether oxygens (including phenoxy) is 1. The van der Waals surface area contributed by atoms with Crippen molar-refractivity contribution in [1.29, 1.82) is 0 Å². The maximum absolute atomic E-state index is 13.4. The number of aliphatic imine (C=N–C) groups is 1. The number of carbonyl (C=O) groups excluding carboxylic acids is 4. The van der Waals surface area contributed by atoms with Crippen molar-refractivity contribution in [2.75, 3.05) is 13.1 Å². The number of amides is 4. The summed E-state index contributed by atoms with van der Waals surface area (Å²) in [4.78, 5) is 56.7. The number of rotatable bonds is 14. The zero-order chi connectivity index (χ0) is 34.0. The van der Waals surface area contributed by atoms with Crippen molar-refractivity contribution in [3.8, 4) is 11.5 Å². The van der Waals surface area contributed by atoms with Gasteiger partial charge >= 0.3 is 0 Å². The average Bonchev–Trinajstić information content (AvgIpc) is 3.30. The largest absolute Gasteiger partial charge is 0.457 e. The van der Waals surface area contributed by atoms with Gasteiger partial charge in [0.2, 0.25) is 5.91 Å². The monoisotopic (exact) mass is 684 g/mol. The molecule has 3 N–H and O–H groups in total. The van der Waals surface area contributed by atoms with Crippen LogP contribution in [0.25, 0.3) is 0 Å². The molecule has 48 heavy (non-hydrogen) atoms. The van der Waals surface area contributed by atoms with Gasteiger partial charge in [0.15, 0.2) is 0 Å². The van der Waals surface area contributed by atoms with Crippen LogP contribution < -0.4 is 15.8 Å². The number of hydrogen-bond donors (Lipinski definition) is 2. The number of carbonyl (C=O) groups is 4. The predicted molar refractivity (Wildman–Crippen MR) is 186 cm³/mol. The van der Waals surface area contributed by atoms with Crippen molar-refractivity contribution in [2.45, 2.75) is 32.1 Å². The van der Waals surface area contributed by atoms with Crippen molar-refractivity contribution in [3.63, 3.8) is 0 Å². The molecule has 4 aromatic rings. The number of nitrogens with two attached hydrogens (primary N) is 1. The van der Waals surface area contributed by atoms with Crippen LogP contribution in [-0.4, -0.2) is 47.5 Å². The van der Waals surface area contributed by atoms with E-state index in [1.54, 1.807) is 48.5 Å². The van der Waals surface area contributed by atoms with E-state index in [-0.39, 0.29) is 49.0 Å². The van der Waals surface area contributed by atoms with Crippen LogP contribution in [0.5, 0.6) is 11.5 Å². The molecule has 4 amide bonds. The van der Waals surface area contributed by atoms with Crippen molar-refractivity contribution in [3.05, 3.63) is 129 Å². The average molecular weight is 686 g/mol. The van der Waals surface area contributed by atoms with E-state index in [9.17, 15) is 19.2 Å². The van der Waals surface area contributed by atoms with Gasteiger partial charge in [-0.2, -0.15) is 0 Å². The molecule has 1 atom stereocenters. The molecule has 0 fully saturated rings. The minimum absolute atomic E-state index is 0.0372. The fraction of sp³-hybridized carbons (Fsp3) is 0.216. The fourth-order valence-corrected chi connectivity index (χ4v) is 5.95. The van der Waals surface area contributed by atoms with Gasteiger partial charge in [0, 0.05) is 35.5 Å². The van der Waals surface area contributed by atoms with Crippen molar-refractivity contribution in [2.24, 2.45) is 16.6 Å². The smallest absolute Gasteiger partial charge is 0.261 e. The number of para-hydroxylation sites is 1. The molecule has 11 heteroatoms. The van der Waals surface area contributed by atoms with Gasteiger partial charge in [-0.15, -0.1) is 0 Å². The van der Waals surface area contributed by atoms with E-state index in [0.717, 1.165) is 16.0 Å². The van der Waals surface area contributed by atoms with Crippen LogP contribution in [0, 0.1) is 5.92 Å². The number of imide groups is 1. The van der Waals surface area contributed by atoms with Gasteiger partial charge in [-0.05, 0) is 78.9 Å². The molecule has 0 saturated heterocycles. The topological polar surface area (TPSA) is 131 Å². The fourth-order valence-electron chi connectivity index (χ4n) is 5.46. The number of amidine groups is 1. The molecule has 0 bridgehead atoms. The summed E-state index contributed by atoms with van der Waals surface area (Å²) in [6, 6.07) is 28.3. The molecule has 0 aromatic heterocycles. The van der Waals surface area contributed by atoms with Crippen LogP contribution in [0.2, 0.25) is 10.0 Å². The summed E-state index contributed by atoms with van der Waals surface area (Å²) in [5, 5.41) is 3.79. The molecule has 4 aromatic carbocycles. The van der Waals surface area contributed by atoms with E-state index in [1.807, 2.05) is 48.5 Å². The highest BCUT2D eigenvalue weighted by Gasteiger charge is 2.34. The van der Waals surface area contributed by atoms with E-state index >= 15 is 0 Å². The Kier molecular flexibility index (Phi) is 11.6. The summed E-state index contributed by atoms with van der Waals surface area (Å²) in [7, 11) is 0. The maximum atomic E-state index is 13.4. The number of benzene rings is 4. The minimum atomic E-state index is -0.512. The second kappa shape index (κ2) is 16.2. The normalized spacial score (nSPS) is 13.3.